The third-order valence-electron chi connectivity index (χ3n) is 7.81. The summed E-state index contributed by atoms with van der Waals surface area (Å²) < 4.78 is 38.5. The standard InChI is InChI=1S/C22H31F2NO2/c1-25-13-12-21(16-4-5-17(26-2)18(14-16)27-3)9-6-20(15-19(21)25)7-10-22(23,24)11-8-20/h4-5,14,19H,6-13,15H2,1-3H3. The first kappa shape index (κ1) is 19.0. The lowest BCUT2D eigenvalue weighted by atomic mass is 9.55. The molecule has 1 aromatic rings. The number of likely N-dealkylation sites (tertiary alicyclic amines) is 1. The number of halogens is 2. The molecule has 2 unspecified atom stereocenters. The van der Waals surface area contributed by atoms with Crippen LogP contribution in [0.5, 0.6) is 11.5 Å². The highest BCUT2D eigenvalue weighted by Crippen LogP contribution is 2.59. The van der Waals surface area contributed by atoms with Gasteiger partial charge in [0.1, 0.15) is 0 Å². The second-order valence-corrected chi connectivity index (χ2v) is 9.03. The van der Waals surface area contributed by atoms with Crippen LogP contribution in [-0.2, 0) is 5.41 Å². The van der Waals surface area contributed by atoms with Gasteiger partial charge in [-0.05, 0) is 75.2 Å². The van der Waals surface area contributed by atoms with Crippen LogP contribution in [0.2, 0.25) is 0 Å². The summed E-state index contributed by atoms with van der Waals surface area (Å²) in [5.74, 6) is -0.928. The molecule has 2 saturated carbocycles. The first-order chi connectivity index (χ1) is 12.8. The highest BCUT2D eigenvalue weighted by atomic mass is 19.3. The van der Waals surface area contributed by atoms with E-state index in [1.807, 2.05) is 6.07 Å². The van der Waals surface area contributed by atoms with Crippen molar-refractivity contribution in [2.24, 2.45) is 5.41 Å². The SMILES string of the molecule is COc1ccc(C23CCN(C)C2CC2(CCC(F)(F)CC2)CC3)cc1OC. The van der Waals surface area contributed by atoms with Gasteiger partial charge in [-0.25, -0.2) is 8.78 Å². The van der Waals surface area contributed by atoms with Crippen molar-refractivity contribution in [2.75, 3.05) is 27.8 Å². The normalized spacial score (nSPS) is 32.3. The molecule has 1 heterocycles. The van der Waals surface area contributed by atoms with Gasteiger partial charge in [0.15, 0.2) is 11.5 Å². The van der Waals surface area contributed by atoms with Crippen molar-refractivity contribution >= 4 is 0 Å². The Morgan fingerprint density at radius 2 is 1.59 bits per heavy atom. The fourth-order valence-corrected chi connectivity index (χ4v) is 5.99. The van der Waals surface area contributed by atoms with Crippen molar-refractivity contribution in [1.29, 1.82) is 0 Å². The average molecular weight is 379 g/mol. The molecule has 27 heavy (non-hydrogen) atoms. The number of rotatable bonds is 3. The van der Waals surface area contributed by atoms with Gasteiger partial charge in [-0.15, -0.1) is 0 Å². The number of benzene rings is 1. The van der Waals surface area contributed by atoms with Gasteiger partial charge in [0.2, 0.25) is 5.92 Å². The van der Waals surface area contributed by atoms with Crippen LogP contribution in [0.3, 0.4) is 0 Å². The lowest BCUT2D eigenvalue weighted by Crippen LogP contribution is -2.51. The number of hydrogen-bond donors (Lipinski definition) is 0. The van der Waals surface area contributed by atoms with Gasteiger partial charge >= 0.3 is 0 Å². The molecule has 3 nitrogen and oxygen atoms in total. The topological polar surface area (TPSA) is 21.7 Å². The van der Waals surface area contributed by atoms with Crippen LogP contribution < -0.4 is 9.47 Å². The molecule has 1 spiro atoms. The van der Waals surface area contributed by atoms with Crippen molar-refractivity contribution in [3.8, 4) is 11.5 Å². The van der Waals surface area contributed by atoms with Gasteiger partial charge in [0.05, 0.1) is 14.2 Å². The first-order valence-electron chi connectivity index (χ1n) is 10.1. The quantitative estimate of drug-likeness (QED) is 0.736. The molecule has 4 rings (SSSR count). The Hall–Kier alpha value is -1.36. The Morgan fingerprint density at radius 1 is 0.926 bits per heavy atom. The molecule has 0 aromatic heterocycles. The number of nitrogens with zero attached hydrogens (tertiary/aromatic N) is 1. The van der Waals surface area contributed by atoms with Crippen molar-refractivity contribution in [1.82, 2.24) is 4.90 Å². The lowest BCUT2D eigenvalue weighted by Gasteiger charge is -2.52. The van der Waals surface area contributed by atoms with E-state index in [0.717, 1.165) is 43.7 Å². The summed E-state index contributed by atoms with van der Waals surface area (Å²) in [7, 11) is 5.53. The third-order valence-corrected chi connectivity index (χ3v) is 7.81. The molecular formula is C22H31F2NO2. The van der Waals surface area contributed by atoms with Crippen LogP contribution in [0.1, 0.15) is 56.9 Å². The number of likely N-dealkylation sites (N-methyl/N-ethyl adjacent to an activating group) is 1. The highest BCUT2D eigenvalue weighted by molar-refractivity contribution is 5.46. The minimum absolute atomic E-state index is 0.0623. The molecule has 1 aromatic carbocycles. The molecule has 1 saturated heterocycles. The number of hydrogen-bond acceptors (Lipinski definition) is 3. The molecule has 0 bridgehead atoms. The molecular weight excluding hydrogens is 348 g/mol. The molecule has 150 valence electrons. The highest BCUT2D eigenvalue weighted by Gasteiger charge is 2.56. The van der Waals surface area contributed by atoms with E-state index in [9.17, 15) is 8.78 Å². The van der Waals surface area contributed by atoms with Crippen molar-refractivity contribution in [3.05, 3.63) is 23.8 Å². The summed E-state index contributed by atoms with van der Waals surface area (Å²) >= 11 is 0. The smallest absolute Gasteiger partial charge is 0.248 e. The largest absolute Gasteiger partial charge is 0.493 e. The average Bonchev–Trinajstić information content (AvgIpc) is 3.01. The second-order valence-electron chi connectivity index (χ2n) is 9.03. The van der Waals surface area contributed by atoms with E-state index in [4.69, 9.17) is 9.47 Å². The van der Waals surface area contributed by atoms with Crippen molar-refractivity contribution in [2.45, 2.75) is 68.7 Å². The van der Waals surface area contributed by atoms with E-state index in [0.29, 0.717) is 18.9 Å². The summed E-state index contributed by atoms with van der Waals surface area (Å²) in [5, 5.41) is 0. The van der Waals surface area contributed by atoms with E-state index in [2.05, 4.69) is 24.1 Å². The van der Waals surface area contributed by atoms with E-state index in [1.165, 1.54) is 5.56 Å². The molecule has 0 N–H and O–H groups in total. The molecule has 0 radical (unpaired) electrons. The molecule has 3 fully saturated rings. The fourth-order valence-electron chi connectivity index (χ4n) is 5.99. The fraction of sp³-hybridized carbons (Fsp3) is 0.727. The first-order valence-corrected chi connectivity index (χ1v) is 10.1. The Labute approximate surface area is 161 Å². The maximum Gasteiger partial charge on any atom is 0.248 e. The molecule has 3 aliphatic rings. The van der Waals surface area contributed by atoms with Crippen LogP contribution in [0, 0.1) is 5.41 Å². The Balaban J connectivity index is 1.64. The molecule has 2 aliphatic carbocycles. The predicted octanol–water partition coefficient (Wildman–Crippen LogP) is 5.03. The van der Waals surface area contributed by atoms with Crippen LogP contribution in [0.4, 0.5) is 8.78 Å². The number of methoxy groups -OCH3 is 2. The maximum atomic E-state index is 13.7. The summed E-state index contributed by atoms with van der Waals surface area (Å²) in [6.07, 6.45) is 5.76. The van der Waals surface area contributed by atoms with Crippen LogP contribution >= 0.6 is 0 Å². The minimum atomic E-state index is -2.45. The minimum Gasteiger partial charge on any atom is -0.493 e. The van der Waals surface area contributed by atoms with Crippen LogP contribution in [-0.4, -0.2) is 44.7 Å². The third kappa shape index (κ3) is 3.12. The Kier molecular flexibility index (Phi) is 4.65. The van der Waals surface area contributed by atoms with E-state index >= 15 is 0 Å². The van der Waals surface area contributed by atoms with E-state index in [-0.39, 0.29) is 23.7 Å². The van der Waals surface area contributed by atoms with E-state index in [1.54, 1.807) is 14.2 Å². The number of fused-ring (bicyclic) bond motifs is 1. The molecule has 5 heteroatoms. The molecule has 0 amide bonds. The Bertz CT molecular complexity index is 698. The van der Waals surface area contributed by atoms with Gasteiger partial charge < -0.3 is 14.4 Å². The zero-order valence-corrected chi connectivity index (χ0v) is 16.7. The van der Waals surface area contributed by atoms with Gasteiger partial charge in [0.25, 0.3) is 0 Å². The monoisotopic (exact) mass is 379 g/mol. The summed E-state index contributed by atoms with van der Waals surface area (Å²) in [5.41, 5.74) is 1.51. The van der Waals surface area contributed by atoms with Gasteiger partial charge in [-0.2, -0.15) is 0 Å². The van der Waals surface area contributed by atoms with Crippen LogP contribution in [0.25, 0.3) is 0 Å². The molecule has 2 atom stereocenters. The van der Waals surface area contributed by atoms with Crippen molar-refractivity contribution in [3.63, 3.8) is 0 Å². The lowest BCUT2D eigenvalue weighted by molar-refractivity contribution is -0.0853. The maximum absolute atomic E-state index is 13.7. The predicted molar refractivity (Wildman–Crippen MR) is 102 cm³/mol. The number of alkyl halides is 2. The summed E-state index contributed by atoms with van der Waals surface area (Å²) in [6, 6.07) is 6.73. The van der Waals surface area contributed by atoms with Gasteiger partial charge in [-0.1, -0.05) is 6.07 Å². The van der Waals surface area contributed by atoms with Gasteiger partial charge in [-0.3, -0.25) is 0 Å². The summed E-state index contributed by atoms with van der Waals surface area (Å²) in [6.45, 7) is 1.06. The van der Waals surface area contributed by atoms with Gasteiger partial charge in [0, 0.05) is 24.3 Å². The summed E-state index contributed by atoms with van der Waals surface area (Å²) in [4.78, 5) is 2.46. The van der Waals surface area contributed by atoms with Crippen molar-refractivity contribution < 1.29 is 18.3 Å². The molecule has 1 aliphatic heterocycles. The zero-order valence-electron chi connectivity index (χ0n) is 16.7. The van der Waals surface area contributed by atoms with E-state index < -0.39 is 5.92 Å². The van der Waals surface area contributed by atoms with Crippen LogP contribution in [0.15, 0.2) is 18.2 Å². The zero-order chi connectivity index (χ0) is 19.3. The Morgan fingerprint density at radius 3 is 2.26 bits per heavy atom. The second kappa shape index (κ2) is 6.61. The number of ether oxygens (including phenoxy) is 2.